The third-order valence-corrected chi connectivity index (χ3v) is 4.63. The minimum Gasteiger partial charge on any atom is -0.459 e. The van der Waals surface area contributed by atoms with Crippen LogP contribution in [0, 0.1) is 11.8 Å². The fourth-order valence-corrected chi connectivity index (χ4v) is 3.51. The molecule has 3 rings (SSSR count). The van der Waals surface area contributed by atoms with E-state index in [2.05, 4.69) is 6.58 Å². The number of fused-ring (bicyclic) bond motifs is 2. The van der Waals surface area contributed by atoms with Crippen LogP contribution in [0.2, 0.25) is 0 Å². The van der Waals surface area contributed by atoms with Crippen LogP contribution in [0.3, 0.4) is 0 Å². The highest BCUT2D eigenvalue weighted by Gasteiger charge is 2.49. The van der Waals surface area contributed by atoms with Crippen molar-refractivity contribution in [2.24, 2.45) is 11.8 Å². The second-order valence-electron chi connectivity index (χ2n) is 6.22. The van der Waals surface area contributed by atoms with Crippen molar-refractivity contribution >= 4 is 11.9 Å². The smallest absolute Gasteiger partial charge is 0.334 e. The topological polar surface area (TPSA) is 52.6 Å². The fraction of sp³-hybridized carbons (Fsp3) is 0.529. The molecular formula is C17H20O4. The van der Waals surface area contributed by atoms with Crippen LogP contribution >= 0.6 is 0 Å². The summed E-state index contributed by atoms with van der Waals surface area (Å²) in [4.78, 5) is 23.6. The number of hydrogen-bond acceptors (Lipinski definition) is 4. The Morgan fingerprint density at radius 2 is 1.81 bits per heavy atom. The van der Waals surface area contributed by atoms with E-state index in [4.69, 9.17) is 9.47 Å². The van der Waals surface area contributed by atoms with E-state index >= 15 is 0 Å². The highest BCUT2D eigenvalue weighted by atomic mass is 16.6. The van der Waals surface area contributed by atoms with Gasteiger partial charge in [0.25, 0.3) is 0 Å². The Bertz CT molecular complexity index is 543. The van der Waals surface area contributed by atoms with Crippen LogP contribution in [0.25, 0.3) is 0 Å². The van der Waals surface area contributed by atoms with Gasteiger partial charge in [-0.25, -0.2) is 9.59 Å². The summed E-state index contributed by atoms with van der Waals surface area (Å²) in [5.74, 6) is 0.111. The molecule has 0 N–H and O–H groups in total. The van der Waals surface area contributed by atoms with E-state index in [0.29, 0.717) is 23.8 Å². The molecule has 112 valence electrons. The highest BCUT2D eigenvalue weighted by Crippen LogP contribution is 2.47. The quantitative estimate of drug-likeness (QED) is 0.589. The van der Waals surface area contributed by atoms with Crippen LogP contribution in [-0.2, 0) is 19.1 Å². The van der Waals surface area contributed by atoms with E-state index in [1.165, 1.54) is 0 Å². The van der Waals surface area contributed by atoms with E-state index in [0.717, 1.165) is 24.8 Å². The second-order valence-corrected chi connectivity index (χ2v) is 6.22. The molecule has 4 atom stereocenters. The van der Waals surface area contributed by atoms with Crippen LogP contribution in [0.4, 0.5) is 0 Å². The van der Waals surface area contributed by atoms with Gasteiger partial charge in [0.05, 0.1) is 0 Å². The largest absolute Gasteiger partial charge is 0.459 e. The second kappa shape index (κ2) is 5.51. The molecule has 0 aromatic rings. The Hall–Kier alpha value is -1.84. The zero-order valence-corrected chi connectivity index (χ0v) is 12.2. The molecule has 2 bridgehead atoms. The molecule has 2 saturated carbocycles. The molecule has 0 spiro atoms. The van der Waals surface area contributed by atoms with Gasteiger partial charge in [0, 0.05) is 11.1 Å². The van der Waals surface area contributed by atoms with Crippen molar-refractivity contribution in [1.29, 1.82) is 0 Å². The predicted octanol–water partition coefficient (Wildman–Crippen LogP) is 2.70. The zero-order chi connectivity index (χ0) is 15.0. The Balaban J connectivity index is 1.52. The molecule has 3 aliphatic carbocycles. The molecule has 2 fully saturated rings. The Kier molecular flexibility index (Phi) is 3.70. The molecule has 0 radical (unpaired) electrons. The lowest BCUT2D eigenvalue weighted by Crippen LogP contribution is -2.32. The molecule has 21 heavy (non-hydrogen) atoms. The van der Waals surface area contributed by atoms with Gasteiger partial charge in [0.15, 0.2) is 0 Å². The molecule has 0 aromatic heterocycles. The molecule has 4 nitrogen and oxygen atoms in total. The molecule has 4 unspecified atom stereocenters. The number of carbonyl (C=O) groups is 2. The molecule has 0 saturated heterocycles. The molecule has 0 aromatic carbocycles. The Morgan fingerprint density at radius 3 is 2.33 bits per heavy atom. The molecule has 0 amide bonds. The van der Waals surface area contributed by atoms with Crippen LogP contribution in [0.5, 0.6) is 0 Å². The van der Waals surface area contributed by atoms with Crippen LogP contribution in [-0.4, -0.2) is 24.1 Å². The van der Waals surface area contributed by atoms with E-state index in [1.54, 1.807) is 6.92 Å². The standard InChI is InChI=1S/C17H20O4/c1-10(2)16(18)20-14-8-13-7-12(14)9-15(13)21-17(19)11-5-3-4-6-11/h3-5,12-15H,1,6-9H2,2H3. The van der Waals surface area contributed by atoms with Gasteiger partial charge in [0.2, 0.25) is 0 Å². The van der Waals surface area contributed by atoms with E-state index in [9.17, 15) is 9.59 Å². The molecule has 0 heterocycles. The van der Waals surface area contributed by atoms with Gasteiger partial charge >= 0.3 is 11.9 Å². The van der Waals surface area contributed by atoms with Crippen LogP contribution < -0.4 is 0 Å². The first-order valence-electron chi connectivity index (χ1n) is 7.47. The normalized spacial score (nSPS) is 32.9. The van der Waals surface area contributed by atoms with Crippen molar-refractivity contribution in [1.82, 2.24) is 0 Å². The maximum Gasteiger partial charge on any atom is 0.334 e. The SMILES string of the molecule is C=C(C)C(=O)OC1CC2CC1CC2OC(=O)C1=CC=CC1. The average molecular weight is 288 g/mol. The van der Waals surface area contributed by atoms with Gasteiger partial charge in [-0.1, -0.05) is 24.8 Å². The first-order valence-corrected chi connectivity index (χ1v) is 7.47. The lowest BCUT2D eigenvalue weighted by atomic mass is 9.95. The number of esters is 2. The lowest BCUT2D eigenvalue weighted by molar-refractivity contribution is -0.154. The van der Waals surface area contributed by atoms with Crippen molar-refractivity contribution in [3.8, 4) is 0 Å². The number of hydrogen-bond donors (Lipinski definition) is 0. The van der Waals surface area contributed by atoms with Gasteiger partial charge in [-0.15, -0.1) is 0 Å². The van der Waals surface area contributed by atoms with Crippen molar-refractivity contribution in [3.05, 3.63) is 36.0 Å². The summed E-state index contributed by atoms with van der Waals surface area (Å²) < 4.78 is 11.1. The summed E-state index contributed by atoms with van der Waals surface area (Å²) in [6, 6.07) is 0. The van der Waals surface area contributed by atoms with Crippen molar-refractivity contribution in [2.75, 3.05) is 0 Å². The predicted molar refractivity (Wildman–Crippen MR) is 77.2 cm³/mol. The molecule has 3 aliphatic rings. The summed E-state index contributed by atoms with van der Waals surface area (Å²) in [5, 5.41) is 0. The van der Waals surface area contributed by atoms with Crippen molar-refractivity contribution < 1.29 is 19.1 Å². The van der Waals surface area contributed by atoms with E-state index in [1.807, 2.05) is 18.2 Å². The fourth-order valence-electron chi connectivity index (χ4n) is 3.51. The maximum absolute atomic E-state index is 12.0. The first kappa shape index (κ1) is 14.1. The number of ether oxygens (including phenoxy) is 2. The third kappa shape index (κ3) is 2.80. The lowest BCUT2D eigenvalue weighted by Gasteiger charge is -2.27. The summed E-state index contributed by atoms with van der Waals surface area (Å²) in [6.45, 7) is 5.26. The van der Waals surface area contributed by atoms with E-state index in [-0.39, 0.29) is 24.1 Å². The third-order valence-electron chi connectivity index (χ3n) is 4.63. The van der Waals surface area contributed by atoms with Gasteiger partial charge in [0.1, 0.15) is 12.2 Å². The first-order chi connectivity index (χ1) is 10.0. The van der Waals surface area contributed by atoms with Crippen LogP contribution in [0.15, 0.2) is 36.0 Å². The van der Waals surface area contributed by atoms with Crippen LogP contribution in [0.1, 0.15) is 32.6 Å². The van der Waals surface area contributed by atoms with Gasteiger partial charge in [-0.3, -0.25) is 0 Å². The number of carbonyl (C=O) groups excluding carboxylic acids is 2. The Morgan fingerprint density at radius 1 is 1.14 bits per heavy atom. The summed E-state index contributed by atoms with van der Waals surface area (Å²) >= 11 is 0. The molecule has 0 aliphatic heterocycles. The molecule has 4 heteroatoms. The summed E-state index contributed by atoms with van der Waals surface area (Å²) in [6.07, 6.45) is 8.80. The number of allylic oxidation sites excluding steroid dienone is 3. The van der Waals surface area contributed by atoms with Gasteiger partial charge in [-0.2, -0.15) is 0 Å². The monoisotopic (exact) mass is 288 g/mol. The van der Waals surface area contributed by atoms with Gasteiger partial charge in [-0.05, 0) is 44.4 Å². The molecular weight excluding hydrogens is 268 g/mol. The zero-order valence-electron chi connectivity index (χ0n) is 12.2. The van der Waals surface area contributed by atoms with Crippen molar-refractivity contribution in [3.63, 3.8) is 0 Å². The minimum absolute atomic E-state index is 0.0243. The average Bonchev–Trinajstić information content (AvgIpc) is 3.14. The van der Waals surface area contributed by atoms with Gasteiger partial charge < -0.3 is 9.47 Å². The number of rotatable bonds is 4. The van der Waals surface area contributed by atoms with E-state index < -0.39 is 0 Å². The highest BCUT2D eigenvalue weighted by molar-refractivity contribution is 5.90. The Labute approximate surface area is 124 Å². The summed E-state index contributed by atoms with van der Waals surface area (Å²) in [5.41, 5.74) is 1.16. The maximum atomic E-state index is 12.0. The summed E-state index contributed by atoms with van der Waals surface area (Å²) in [7, 11) is 0. The minimum atomic E-state index is -0.316. The van der Waals surface area contributed by atoms with Crippen molar-refractivity contribution in [2.45, 2.75) is 44.8 Å².